The van der Waals surface area contributed by atoms with Gasteiger partial charge in [-0.1, -0.05) is 148 Å². The molecule has 2 heteroatoms. The minimum Gasteiger partial charge on any atom is -0.489 e. The minimum atomic E-state index is -1.21. The van der Waals surface area contributed by atoms with E-state index in [0.717, 1.165) is 11.3 Å². The first-order valence-corrected chi connectivity index (χ1v) is 17.2. The molecule has 0 heterocycles. The topological polar surface area (TPSA) is 9.23 Å². The molecular weight excluding hydrogens is 513 g/mol. The van der Waals surface area contributed by atoms with Crippen LogP contribution >= 0.6 is 0 Å². The SMILES string of the molecule is C=CCOc1c(C)cccc1-c1c(-c2ccccc2)ccc2c1C([SiH](CC)CC)c1cc(-c3ccccc3)ccc1-2. The zero-order valence-electron chi connectivity index (χ0n) is 24.4. The lowest BCUT2D eigenvalue weighted by Gasteiger charge is -2.27. The van der Waals surface area contributed by atoms with Crippen LogP contribution in [0.1, 0.15) is 36.1 Å². The van der Waals surface area contributed by atoms with E-state index < -0.39 is 8.80 Å². The second kappa shape index (κ2) is 11.8. The highest BCUT2D eigenvalue weighted by Crippen LogP contribution is 2.55. The van der Waals surface area contributed by atoms with Crippen molar-refractivity contribution in [1.29, 1.82) is 0 Å². The number of benzene rings is 5. The van der Waals surface area contributed by atoms with Crippen LogP contribution in [0.2, 0.25) is 12.1 Å². The minimum absolute atomic E-state index is 0.435. The van der Waals surface area contributed by atoms with Crippen molar-refractivity contribution in [1.82, 2.24) is 0 Å². The van der Waals surface area contributed by atoms with Gasteiger partial charge < -0.3 is 4.74 Å². The Morgan fingerprint density at radius 3 is 2.02 bits per heavy atom. The third-order valence-corrected chi connectivity index (χ3v) is 12.5. The monoisotopic (exact) mass is 550 g/mol. The predicted molar refractivity (Wildman–Crippen MR) is 179 cm³/mol. The van der Waals surface area contributed by atoms with Gasteiger partial charge in [-0.3, -0.25) is 0 Å². The quantitative estimate of drug-likeness (QED) is 0.131. The average Bonchev–Trinajstić information content (AvgIpc) is 3.35. The van der Waals surface area contributed by atoms with E-state index in [2.05, 4.69) is 137 Å². The van der Waals surface area contributed by atoms with Gasteiger partial charge in [0.05, 0.1) is 0 Å². The summed E-state index contributed by atoms with van der Waals surface area (Å²) in [6.45, 7) is 11.4. The van der Waals surface area contributed by atoms with Gasteiger partial charge >= 0.3 is 0 Å². The van der Waals surface area contributed by atoms with Crippen LogP contribution in [0, 0.1) is 6.92 Å². The molecule has 1 unspecified atom stereocenters. The van der Waals surface area contributed by atoms with Crippen molar-refractivity contribution in [2.45, 2.75) is 38.4 Å². The number of ether oxygens (including phenoxy) is 1. The summed E-state index contributed by atoms with van der Waals surface area (Å²) in [6.07, 6.45) is 1.84. The molecule has 1 atom stereocenters. The molecule has 0 saturated carbocycles. The molecule has 0 amide bonds. The zero-order valence-corrected chi connectivity index (χ0v) is 25.5. The van der Waals surface area contributed by atoms with E-state index in [0.29, 0.717) is 12.1 Å². The van der Waals surface area contributed by atoms with E-state index in [-0.39, 0.29) is 0 Å². The smallest absolute Gasteiger partial charge is 0.130 e. The third-order valence-electron chi connectivity index (χ3n) is 8.77. The summed E-state index contributed by atoms with van der Waals surface area (Å²) >= 11 is 0. The second-order valence-electron chi connectivity index (χ2n) is 11.1. The summed E-state index contributed by atoms with van der Waals surface area (Å²) in [4.78, 5) is 0. The maximum Gasteiger partial charge on any atom is 0.130 e. The van der Waals surface area contributed by atoms with Crippen LogP contribution in [-0.4, -0.2) is 15.4 Å². The Labute approximate surface area is 246 Å². The van der Waals surface area contributed by atoms with Crippen molar-refractivity contribution < 1.29 is 4.74 Å². The average molecular weight is 551 g/mol. The van der Waals surface area contributed by atoms with E-state index >= 15 is 0 Å². The van der Waals surface area contributed by atoms with Gasteiger partial charge in [-0.15, -0.1) is 0 Å². The molecule has 0 saturated heterocycles. The van der Waals surface area contributed by atoms with Crippen LogP contribution in [-0.2, 0) is 0 Å². The van der Waals surface area contributed by atoms with Crippen molar-refractivity contribution in [2.75, 3.05) is 6.61 Å². The molecule has 0 aromatic heterocycles. The van der Waals surface area contributed by atoms with E-state index in [1.54, 1.807) is 0 Å². The van der Waals surface area contributed by atoms with Crippen molar-refractivity contribution in [3.63, 3.8) is 0 Å². The Morgan fingerprint density at radius 1 is 0.683 bits per heavy atom. The molecule has 5 aromatic carbocycles. The molecule has 1 aliphatic rings. The number of hydrogen-bond acceptors (Lipinski definition) is 1. The summed E-state index contributed by atoms with van der Waals surface area (Å²) in [7, 11) is -1.21. The van der Waals surface area contributed by atoms with Crippen LogP contribution in [0.25, 0.3) is 44.5 Å². The molecule has 0 spiro atoms. The van der Waals surface area contributed by atoms with Crippen LogP contribution in [0.5, 0.6) is 5.75 Å². The highest BCUT2D eigenvalue weighted by atomic mass is 28.3. The largest absolute Gasteiger partial charge is 0.489 e. The Kier molecular flexibility index (Phi) is 7.76. The van der Waals surface area contributed by atoms with Gasteiger partial charge in [0.15, 0.2) is 0 Å². The van der Waals surface area contributed by atoms with Gasteiger partial charge in [-0.25, -0.2) is 0 Å². The lowest BCUT2D eigenvalue weighted by atomic mass is 9.86. The molecule has 0 N–H and O–H groups in total. The van der Waals surface area contributed by atoms with Crippen molar-refractivity contribution >= 4 is 8.80 Å². The Bertz CT molecular complexity index is 1680. The van der Waals surface area contributed by atoms with Gasteiger partial charge in [0.25, 0.3) is 0 Å². The standard InChI is InChI=1S/C39H38OSi/c1-5-25-40-38-27(4)15-14-20-34(38)36-31(29-18-12-9-13-19-29)23-24-33-32-22-21-30(28-16-10-8-11-17-28)26-35(32)39(37(33)36)41(6-2)7-3/h5,8-24,26,39,41H,1,6-7,25H2,2-4H3. The second-order valence-corrected chi connectivity index (χ2v) is 14.9. The van der Waals surface area contributed by atoms with Crippen molar-refractivity contribution in [3.05, 3.63) is 139 Å². The number of rotatable bonds is 9. The Hall–Kier alpha value is -4.14. The molecule has 5 aromatic rings. The van der Waals surface area contributed by atoms with Crippen LogP contribution in [0.3, 0.4) is 0 Å². The fraction of sp³-hybridized carbons (Fsp3) is 0.179. The summed E-state index contributed by atoms with van der Waals surface area (Å²) < 4.78 is 6.42. The maximum atomic E-state index is 6.42. The molecule has 0 fully saturated rings. The zero-order chi connectivity index (χ0) is 28.3. The molecule has 0 aliphatic heterocycles. The van der Waals surface area contributed by atoms with Crippen molar-refractivity contribution in [3.8, 4) is 50.3 Å². The number of para-hydroxylation sites is 1. The fourth-order valence-electron chi connectivity index (χ4n) is 6.79. The van der Waals surface area contributed by atoms with Crippen LogP contribution in [0.4, 0.5) is 0 Å². The van der Waals surface area contributed by atoms with E-state index in [9.17, 15) is 0 Å². The first kappa shape index (κ1) is 27.0. The highest BCUT2D eigenvalue weighted by molar-refractivity contribution is 6.62. The van der Waals surface area contributed by atoms with Gasteiger partial charge in [0, 0.05) is 19.9 Å². The highest BCUT2D eigenvalue weighted by Gasteiger charge is 2.37. The van der Waals surface area contributed by atoms with Crippen molar-refractivity contribution in [2.24, 2.45) is 0 Å². The molecule has 1 aliphatic carbocycles. The lowest BCUT2D eigenvalue weighted by molar-refractivity contribution is 0.362. The van der Waals surface area contributed by atoms with Gasteiger partial charge in [0.1, 0.15) is 12.4 Å². The number of aryl methyl sites for hydroxylation is 1. The van der Waals surface area contributed by atoms with E-state index in [4.69, 9.17) is 4.74 Å². The number of fused-ring (bicyclic) bond motifs is 3. The maximum absolute atomic E-state index is 6.42. The predicted octanol–water partition coefficient (Wildman–Crippen LogP) is 10.5. The number of hydrogen-bond donors (Lipinski definition) is 0. The summed E-state index contributed by atoms with van der Waals surface area (Å²) in [6, 6.07) is 42.7. The van der Waals surface area contributed by atoms with E-state index in [1.165, 1.54) is 67.7 Å². The van der Waals surface area contributed by atoms with Gasteiger partial charge in [0.2, 0.25) is 0 Å². The first-order chi connectivity index (χ1) is 20.2. The molecule has 0 bridgehead atoms. The lowest BCUT2D eigenvalue weighted by Crippen LogP contribution is -2.22. The molecule has 0 radical (unpaired) electrons. The molecular formula is C39H38OSi. The molecule has 6 rings (SSSR count). The molecule has 41 heavy (non-hydrogen) atoms. The van der Waals surface area contributed by atoms with Gasteiger partial charge in [-0.05, 0) is 62.6 Å². The van der Waals surface area contributed by atoms with Gasteiger partial charge in [-0.2, -0.15) is 0 Å². The van der Waals surface area contributed by atoms with Crippen LogP contribution in [0.15, 0.2) is 122 Å². The Balaban J connectivity index is 1.68. The third kappa shape index (κ3) is 4.87. The molecule has 204 valence electrons. The fourth-order valence-corrected chi connectivity index (χ4v) is 9.91. The van der Waals surface area contributed by atoms with Crippen LogP contribution < -0.4 is 4.74 Å². The Morgan fingerprint density at radius 2 is 1.34 bits per heavy atom. The normalized spacial score (nSPS) is 13.6. The van der Waals surface area contributed by atoms with E-state index in [1.807, 2.05) is 6.08 Å². The summed E-state index contributed by atoms with van der Waals surface area (Å²) in [5, 5.41) is 0. The first-order valence-electron chi connectivity index (χ1n) is 14.9. The molecule has 1 nitrogen and oxygen atoms in total. The summed E-state index contributed by atoms with van der Waals surface area (Å²) in [5.41, 5.74) is 15.0. The summed E-state index contributed by atoms with van der Waals surface area (Å²) in [5.74, 6) is 0.962.